The summed E-state index contributed by atoms with van der Waals surface area (Å²) in [6, 6.07) is 5.32. The monoisotopic (exact) mass is 420 g/mol. The SMILES string of the molecule is CC1CCC2CC(c3ccc(C(=O)Oc4cc(F)c(F)c(F)c4)cc3F)CCC2C1. The van der Waals surface area contributed by atoms with Gasteiger partial charge in [0.15, 0.2) is 17.5 Å². The molecule has 0 aromatic heterocycles. The molecule has 2 aliphatic carbocycles. The number of carbonyl (C=O) groups excluding carboxylic acids is 1. The van der Waals surface area contributed by atoms with Crippen molar-refractivity contribution >= 4 is 5.97 Å². The van der Waals surface area contributed by atoms with E-state index in [4.69, 9.17) is 4.74 Å². The predicted molar refractivity (Wildman–Crippen MR) is 104 cm³/mol. The minimum Gasteiger partial charge on any atom is -0.423 e. The number of hydrogen-bond acceptors (Lipinski definition) is 2. The van der Waals surface area contributed by atoms with Crippen molar-refractivity contribution in [3.05, 3.63) is 64.7 Å². The van der Waals surface area contributed by atoms with Crippen molar-refractivity contribution in [1.29, 1.82) is 0 Å². The number of ether oxygens (including phenoxy) is 1. The Kier molecular flexibility index (Phi) is 5.85. The van der Waals surface area contributed by atoms with Gasteiger partial charge in [-0.15, -0.1) is 0 Å². The van der Waals surface area contributed by atoms with E-state index in [9.17, 15) is 22.4 Å². The average molecular weight is 420 g/mol. The van der Waals surface area contributed by atoms with Gasteiger partial charge in [0.25, 0.3) is 0 Å². The number of carbonyl (C=O) groups is 1. The molecule has 2 saturated carbocycles. The smallest absolute Gasteiger partial charge is 0.343 e. The van der Waals surface area contributed by atoms with Gasteiger partial charge in [-0.25, -0.2) is 22.4 Å². The van der Waals surface area contributed by atoms with E-state index in [1.807, 2.05) is 0 Å². The standard InChI is InChI=1S/C24H24F4O2/c1-13-2-3-15-9-16(5-4-14(15)8-13)19-7-6-17(10-20(19)25)24(29)30-18-11-21(26)23(28)22(27)12-18/h6-7,10-16H,2-5,8-9H2,1H3. The Morgan fingerprint density at radius 1 is 0.867 bits per heavy atom. The molecule has 0 N–H and O–H groups in total. The lowest BCUT2D eigenvalue weighted by molar-refractivity contribution is 0.0733. The largest absolute Gasteiger partial charge is 0.423 e. The zero-order valence-electron chi connectivity index (χ0n) is 16.8. The molecule has 4 atom stereocenters. The summed E-state index contributed by atoms with van der Waals surface area (Å²) in [5.41, 5.74) is 0.532. The normalized spacial score (nSPS) is 26.2. The zero-order chi connectivity index (χ0) is 21.4. The van der Waals surface area contributed by atoms with Gasteiger partial charge in [-0.1, -0.05) is 19.4 Å². The van der Waals surface area contributed by atoms with Crippen molar-refractivity contribution in [2.24, 2.45) is 17.8 Å². The number of esters is 1. The summed E-state index contributed by atoms with van der Waals surface area (Å²) in [7, 11) is 0. The van der Waals surface area contributed by atoms with Crippen LogP contribution in [0.25, 0.3) is 0 Å². The molecule has 0 aliphatic heterocycles. The maximum Gasteiger partial charge on any atom is 0.343 e. The molecule has 30 heavy (non-hydrogen) atoms. The third-order valence-electron chi connectivity index (χ3n) is 6.72. The molecule has 0 amide bonds. The first-order valence-electron chi connectivity index (χ1n) is 10.5. The van der Waals surface area contributed by atoms with Gasteiger partial charge in [-0.05, 0) is 73.5 Å². The molecule has 2 nitrogen and oxygen atoms in total. The van der Waals surface area contributed by atoms with Crippen LogP contribution in [0.5, 0.6) is 5.75 Å². The predicted octanol–water partition coefficient (Wildman–Crippen LogP) is 6.78. The van der Waals surface area contributed by atoms with Crippen molar-refractivity contribution in [2.45, 2.75) is 51.4 Å². The van der Waals surface area contributed by atoms with Gasteiger partial charge in [0.05, 0.1) is 5.56 Å². The third-order valence-corrected chi connectivity index (χ3v) is 6.72. The van der Waals surface area contributed by atoms with Crippen LogP contribution in [0.3, 0.4) is 0 Å². The molecule has 6 heteroatoms. The van der Waals surface area contributed by atoms with Crippen LogP contribution < -0.4 is 4.74 Å². The van der Waals surface area contributed by atoms with Crippen LogP contribution >= 0.6 is 0 Å². The molecule has 0 bridgehead atoms. The minimum absolute atomic E-state index is 0.0680. The third kappa shape index (κ3) is 4.23. The summed E-state index contributed by atoms with van der Waals surface area (Å²) in [5.74, 6) is -4.23. The van der Waals surface area contributed by atoms with Crippen LogP contribution in [0, 0.1) is 41.0 Å². The number of fused-ring (bicyclic) bond motifs is 1. The highest BCUT2D eigenvalue weighted by atomic mass is 19.2. The molecule has 2 fully saturated rings. The topological polar surface area (TPSA) is 26.3 Å². The second kappa shape index (κ2) is 8.40. The van der Waals surface area contributed by atoms with Crippen LogP contribution in [-0.4, -0.2) is 5.97 Å². The van der Waals surface area contributed by atoms with E-state index in [0.717, 1.165) is 37.2 Å². The first-order valence-corrected chi connectivity index (χ1v) is 10.5. The fourth-order valence-electron chi connectivity index (χ4n) is 5.15. The van der Waals surface area contributed by atoms with Gasteiger partial charge in [0, 0.05) is 12.1 Å². The first kappa shape index (κ1) is 20.9. The fraction of sp³-hybridized carbons (Fsp3) is 0.458. The van der Waals surface area contributed by atoms with E-state index in [2.05, 4.69) is 6.92 Å². The molecule has 0 radical (unpaired) electrons. The van der Waals surface area contributed by atoms with E-state index in [0.29, 0.717) is 23.6 Å². The summed E-state index contributed by atoms with van der Waals surface area (Å²) in [6.45, 7) is 2.30. The van der Waals surface area contributed by atoms with Crippen molar-refractivity contribution in [3.8, 4) is 5.75 Å². The van der Waals surface area contributed by atoms with Crippen LogP contribution in [-0.2, 0) is 0 Å². The Hall–Kier alpha value is -2.37. The van der Waals surface area contributed by atoms with Crippen molar-refractivity contribution in [2.75, 3.05) is 0 Å². The molecular formula is C24H24F4O2. The maximum atomic E-state index is 14.8. The molecule has 0 spiro atoms. The van der Waals surface area contributed by atoms with E-state index in [1.165, 1.54) is 25.3 Å². The van der Waals surface area contributed by atoms with Gasteiger partial charge in [0.1, 0.15) is 11.6 Å². The maximum absolute atomic E-state index is 14.8. The van der Waals surface area contributed by atoms with Crippen LogP contribution in [0.2, 0.25) is 0 Å². The van der Waals surface area contributed by atoms with E-state index >= 15 is 0 Å². The highest BCUT2D eigenvalue weighted by Crippen LogP contribution is 2.47. The number of rotatable bonds is 3. The Balaban J connectivity index is 1.46. The molecule has 160 valence electrons. The quantitative estimate of drug-likeness (QED) is 0.237. The van der Waals surface area contributed by atoms with E-state index in [1.54, 1.807) is 6.07 Å². The highest BCUT2D eigenvalue weighted by Gasteiger charge is 2.35. The molecule has 2 aliphatic rings. The summed E-state index contributed by atoms with van der Waals surface area (Å²) in [5, 5.41) is 0. The Bertz CT molecular complexity index is 935. The van der Waals surface area contributed by atoms with Crippen LogP contribution in [0.4, 0.5) is 17.6 Å². The Labute approximate surface area is 173 Å². The van der Waals surface area contributed by atoms with Crippen molar-refractivity contribution in [1.82, 2.24) is 0 Å². The Morgan fingerprint density at radius 3 is 2.23 bits per heavy atom. The fourth-order valence-corrected chi connectivity index (χ4v) is 5.15. The van der Waals surface area contributed by atoms with Gasteiger partial charge in [-0.2, -0.15) is 0 Å². The van der Waals surface area contributed by atoms with Gasteiger partial charge in [-0.3, -0.25) is 0 Å². The summed E-state index contributed by atoms with van der Waals surface area (Å²) >= 11 is 0. The summed E-state index contributed by atoms with van der Waals surface area (Å²) in [6.07, 6.45) is 6.68. The van der Waals surface area contributed by atoms with Crippen molar-refractivity contribution in [3.63, 3.8) is 0 Å². The van der Waals surface area contributed by atoms with Gasteiger partial charge < -0.3 is 4.74 Å². The minimum atomic E-state index is -1.65. The molecular weight excluding hydrogens is 396 g/mol. The van der Waals surface area contributed by atoms with Crippen LogP contribution in [0.1, 0.15) is 67.3 Å². The highest BCUT2D eigenvalue weighted by molar-refractivity contribution is 5.91. The lowest BCUT2D eigenvalue weighted by Crippen LogP contribution is -2.30. The van der Waals surface area contributed by atoms with Gasteiger partial charge in [0.2, 0.25) is 0 Å². The summed E-state index contributed by atoms with van der Waals surface area (Å²) in [4.78, 5) is 12.3. The molecule has 0 saturated heterocycles. The van der Waals surface area contributed by atoms with Crippen molar-refractivity contribution < 1.29 is 27.1 Å². The lowest BCUT2D eigenvalue weighted by Gasteiger charge is -2.41. The molecule has 0 heterocycles. The number of benzene rings is 2. The molecule has 2 aromatic rings. The number of hydrogen-bond donors (Lipinski definition) is 0. The second-order valence-corrected chi connectivity index (χ2v) is 8.78. The average Bonchev–Trinajstić information content (AvgIpc) is 2.71. The Morgan fingerprint density at radius 2 is 1.53 bits per heavy atom. The lowest BCUT2D eigenvalue weighted by atomic mass is 9.64. The molecule has 2 aromatic carbocycles. The van der Waals surface area contributed by atoms with E-state index in [-0.39, 0.29) is 11.5 Å². The van der Waals surface area contributed by atoms with E-state index < -0.39 is 35.0 Å². The second-order valence-electron chi connectivity index (χ2n) is 8.78. The van der Waals surface area contributed by atoms with Gasteiger partial charge >= 0.3 is 5.97 Å². The molecule has 4 rings (SSSR count). The summed E-state index contributed by atoms with van der Waals surface area (Å²) < 4.78 is 59.3. The zero-order valence-corrected chi connectivity index (χ0v) is 16.8. The molecule has 4 unspecified atom stereocenters. The van der Waals surface area contributed by atoms with Crippen LogP contribution in [0.15, 0.2) is 30.3 Å². The number of halogens is 4. The first-order chi connectivity index (χ1) is 14.3.